The van der Waals surface area contributed by atoms with Crippen molar-refractivity contribution in [3.8, 4) is 0 Å². The van der Waals surface area contributed by atoms with E-state index in [0.717, 1.165) is 6.07 Å². The molecule has 2 atom stereocenters. The van der Waals surface area contributed by atoms with E-state index in [0.29, 0.717) is 12.2 Å². The molecule has 2 N–H and O–H groups in total. The van der Waals surface area contributed by atoms with Crippen molar-refractivity contribution in [2.24, 2.45) is 0 Å². The molecule has 1 aromatic carbocycles. The molecular formula is C16H19F3N2O3. The van der Waals surface area contributed by atoms with Crippen LogP contribution in [0, 0.1) is 0 Å². The highest BCUT2D eigenvalue weighted by Crippen LogP contribution is 2.37. The number of oxazole rings is 1. The lowest BCUT2D eigenvalue weighted by atomic mass is 10.1. The van der Waals surface area contributed by atoms with E-state index >= 15 is 0 Å². The number of aromatic nitrogens is 1. The van der Waals surface area contributed by atoms with Gasteiger partial charge in [-0.05, 0) is 17.7 Å². The Labute approximate surface area is 136 Å². The Morgan fingerprint density at radius 3 is 2.67 bits per heavy atom. The van der Waals surface area contributed by atoms with E-state index < -0.39 is 17.8 Å². The maximum Gasteiger partial charge on any atom is 0.420 e. The molecule has 2 aromatic rings. The lowest BCUT2D eigenvalue weighted by molar-refractivity contribution is -0.136. The zero-order chi connectivity index (χ0) is 17.5. The number of fused-ring (bicyclic) bond motifs is 1. The summed E-state index contributed by atoms with van der Waals surface area (Å²) in [6.45, 7) is 4.35. The Morgan fingerprint density at radius 1 is 1.33 bits per heavy atom. The van der Waals surface area contributed by atoms with Crippen LogP contribution in [0.3, 0.4) is 0 Å². The quantitative estimate of drug-likeness (QED) is 0.893. The minimum absolute atomic E-state index is 0.106. The van der Waals surface area contributed by atoms with Gasteiger partial charge in [0.1, 0.15) is 11.1 Å². The SMILES string of the molecule is CC(C)c1nc2cc(CN[C@@H]3COC[C@@H]3O)cc(C(F)(F)F)c2o1. The van der Waals surface area contributed by atoms with E-state index in [2.05, 4.69) is 10.3 Å². The van der Waals surface area contributed by atoms with Crippen molar-refractivity contribution >= 4 is 11.1 Å². The first-order chi connectivity index (χ1) is 11.3. The second-order valence-electron chi connectivity index (χ2n) is 6.29. The Hall–Kier alpha value is -1.64. The zero-order valence-electron chi connectivity index (χ0n) is 13.4. The monoisotopic (exact) mass is 344 g/mol. The molecule has 24 heavy (non-hydrogen) atoms. The van der Waals surface area contributed by atoms with Crippen molar-refractivity contribution in [2.45, 2.75) is 44.6 Å². The Balaban J connectivity index is 1.93. The summed E-state index contributed by atoms with van der Waals surface area (Å²) in [6.07, 6.45) is -5.19. The van der Waals surface area contributed by atoms with Crippen molar-refractivity contribution in [2.75, 3.05) is 13.2 Å². The number of hydrogen-bond acceptors (Lipinski definition) is 5. The minimum Gasteiger partial charge on any atom is -0.440 e. The van der Waals surface area contributed by atoms with Gasteiger partial charge in [-0.1, -0.05) is 13.8 Å². The molecule has 0 bridgehead atoms. The van der Waals surface area contributed by atoms with E-state index in [1.54, 1.807) is 6.07 Å². The van der Waals surface area contributed by atoms with Crippen LogP contribution in [-0.4, -0.2) is 35.5 Å². The highest BCUT2D eigenvalue weighted by molar-refractivity contribution is 5.78. The van der Waals surface area contributed by atoms with Crippen LogP contribution in [0.4, 0.5) is 13.2 Å². The van der Waals surface area contributed by atoms with E-state index in [9.17, 15) is 18.3 Å². The smallest absolute Gasteiger partial charge is 0.420 e. The number of rotatable bonds is 4. The molecule has 8 heteroatoms. The second kappa shape index (κ2) is 6.34. The van der Waals surface area contributed by atoms with Gasteiger partial charge in [-0.2, -0.15) is 13.2 Å². The van der Waals surface area contributed by atoms with Gasteiger partial charge in [0.15, 0.2) is 11.5 Å². The molecule has 3 rings (SSSR count). The molecule has 132 valence electrons. The fraction of sp³-hybridized carbons (Fsp3) is 0.562. The number of halogens is 3. The predicted octanol–water partition coefficient (Wildman–Crippen LogP) is 2.82. The van der Waals surface area contributed by atoms with E-state index in [1.165, 1.54) is 0 Å². The molecule has 1 aromatic heterocycles. The van der Waals surface area contributed by atoms with Crippen molar-refractivity contribution in [3.05, 3.63) is 29.2 Å². The third-order valence-electron chi connectivity index (χ3n) is 3.98. The summed E-state index contributed by atoms with van der Waals surface area (Å²) in [6, 6.07) is 2.35. The van der Waals surface area contributed by atoms with Crippen LogP contribution >= 0.6 is 0 Å². The van der Waals surface area contributed by atoms with Crippen LogP contribution in [0.25, 0.3) is 11.1 Å². The maximum atomic E-state index is 13.3. The summed E-state index contributed by atoms with van der Waals surface area (Å²) in [7, 11) is 0. The average Bonchev–Trinajstić information content (AvgIpc) is 3.09. The Morgan fingerprint density at radius 2 is 2.08 bits per heavy atom. The maximum absolute atomic E-state index is 13.3. The van der Waals surface area contributed by atoms with Gasteiger partial charge in [-0.15, -0.1) is 0 Å². The summed E-state index contributed by atoms with van der Waals surface area (Å²) in [5.41, 5.74) is -0.454. The van der Waals surface area contributed by atoms with E-state index in [4.69, 9.17) is 9.15 Å². The molecule has 1 saturated heterocycles. The molecule has 0 amide bonds. The summed E-state index contributed by atoms with van der Waals surface area (Å²) < 4.78 is 50.5. The van der Waals surface area contributed by atoms with Crippen molar-refractivity contribution in [3.63, 3.8) is 0 Å². The summed E-state index contributed by atoms with van der Waals surface area (Å²) >= 11 is 0. The second-order valence-corrected chi connectivity index (χ2v) is 6.29. The molecule has 0 aliphatic carbocycles. The lowest BCUT2D eigenvalue weighted by Gasteiger charge is -2.15. The minimum atomic E-state index is -4.53. The highest BCUT2D eigenvalue weighted by atomic mass is 19.4. The molecule has 1 aliphatic rings. The van der Waals surface area contributed by atoms with Crippen LogP contribution in [0.15, 0.2) is 16.5 Å². The number of aliphatic hydroxyl groups is 1. The number of hydrogen-bond donors (Lipinski definition) is 2. The third kappa shape index (κ3) is 3.40. The van der Waals surface area contributed by atoms with Crippen molar-refractivity contribution in [1.29, 1.82) is 0 Å². The van der Waals surface area contributed by atoms with Gasteiger partial charge in [-0.3, -0.25) is 0 Å². The van der Waals surface area contributed by atoms with Crippen molar-refractivity contribution in [1.82, 2.24) is 10.3 Å². The zero-order valence-corrected chi connectivity index (χ0v) is 13.4. The Bertz CT molecular complexity index is 727. The standard InChI is InChI=1S/C16H19F3N2O3/c1-8(2)15-21-11-4-9(5-20-12-6-23-7-13(12)22)3-10(14(11)24-15)16(17,18)19/h3-4,8,12-13,20,22H,5-7H2,1-2H3/t12-,13+/m1/s1. The number of alkyl halides is 3. The van der Waals surface area contributed by atoms with Gasteiger partial charge >= 0.3 is 6.18 Å². The molecule has 5 nitrogen and oxygen atoms in total. The number of nitrogens with zero attached hydrogens (tertiary/aromatic N) is 1. The van der Waals surface area contributed by atoms with Crippen LogP contribution in [0.1, 0.15) is 36.8 Å². The number of nitrogens with one attached hydrogen (secondary N) is 1. The average molecular weight is 344 g/mol. The fourth-order valence-corrected chi connectivity index (χ4v) is 2.65. The Kier molecular flexibility index (Phi) is 4.54. The molecule has 0 saturated carbocycles. The summed E-state index contributed by atoms with van der Waals surface area (Å²) in [5.74, 6) is 0.172. The fourth-order valence-electron chi connectivity index (χ4n) is 2.65. The lowest BCUT2D eigenvalue weighted by Crippen LogP contribution is -2.38. The van der Waals surface area contributed by atoms with Gasteiger partial charge in [-0.25, -0.2) is 4.98 Å². The van der Waals surface area contributed by atoms with Crippen molar-refractivity contribution < 1.29 is 27.4 Å². The molecule has 0 spiro atoms. The van der Waals surface area contributed by atoms with Gasteiger partial charge in [0.05, 0.1) is 25.4 Å². The summed E-state index contributed by atoms with van der Waals surface area (Å²) in [4.78, 5) is 4.17. The normalized spacial score (nSPS) is 22.0. The topological polar surface area (TPSA) is 67.5 Å². The molecule has 1 fully saturated rings. The van der Waals surface area contributed by atoms with Crippen LogP contribution in [-0.2, 0) is 17.5 Å². The van der Waals surface area contributed by atoms with Gasteiger partial charge in [0.25, 0.3) is 0 Å². The number of ether oxygens (including phenoxy) is 1. The molecule has 0 radical (unpaired) electrons. The van der Waals surface area contributed by atoms with Gasteiger partial charge in [0.2, 0.25) is 0 Å². The predicted molar refractivity (Wildman–Crippen MR) is 80.6 cm³/mol. The molecule has 2 heterocycles. The van der Waals surface area contributed by atoms with Gasteiger partial charge in [0, 0.05) is 12.5 Å². The first-order valence-corrected chi connectivity index (χ1v) is 7.75. The number of benzene rings is 1. The van der Waals surface area contributed by atoms with Crippen LogP contribution in [0.5, 0.6) is 0 Å². The largest absolute Gasteiger partial charge is 0.440 e. The number of aliphatic hydroxyl groups excluding tert-OH is 1. The van der Waals surface area contributed by atoms with E-state index in [1.807, 2.05) is 13.8 Å². The molecular weight excluding hydrogens is 325 g/mol. The third-order valence-corrected chi connectivity index (χ3v) is 3.98. The first-order valence-electron chi connectivity index (χ1n) is 7.75. The molecule has 0 unspecified atom stereocenters. The summed E-state index contributed by atoms with van der Waals surface area (Å²) in [5, 5.41) is 12.7. The van der Waals surface area contributed by atoms with Crippen LogP contribution < -0.4 is 5.32 Å². The highest BCUT2D eigenvalue weighted by Gasteiger charge is 2.35. The van der Waals surface area contributed by atoms with E-state index in [-0.39, 0.29) is 42.1 Å². The first kappa shape index (κ1) is 17.2. The molecule has 1 aliphatic heterocycles. The van der Waals surface area contributed by atoms with Gasteiger partial charge < -0.3 is 19.6 Å². The van der Waals surface area contributed by atoms with Crippen LogP contribution in [0.2, 0.25) is 0 Å².